The number of pyridine rings is 2. The number of aromatic nitrogens is 2. The highest BCUT2D eigenvalue weighted by Crippen LogP contribution is 2.39. The summed E-state index contributed by atoms with van der Waals surface area (Å²) in [5.41, 5.74) is 3.58. The zero-order valence-corrected chi connectivity index (χ0v) is 22.8. The van der Waals surface area contributed by atoms with E-state index in [1.807, 2.05) is 6.07 Å². The van der Waals surface area contributed by atoms with Gasteiger partial charge in [0, 0.05) is 44.9 Å². The summed E-state index contributed by atoms with van der Waals surface area (Å²) in [6.45, 7) is 1.28. The van der Waals surface area contributed by atoms with E-state index in [2.05, 4.69) is 15.3 Å². The monoisotopic (exact) mass is 571 g/mol. The van der Waals surface area contributed by atoms with Crippen molar-refractivity contribution in [3.8, 4) is 22.4 Å². The Bertz CT molecular complexity index is 1720. The lowest BCUT2D eigenvalue weighted by molar-refractivity contribution is -0.119. The van der Waals surface area contributed by atoms with Gasteiger partial charge in [-0.25, -0.2) is 14.6 Å². The highest BCUT2D eigenvalue weighted by atomic mass is 35.5. The lowest BCUT2D eigenvalue weighted by atomic mass is 10.0. The fraction of sp³-hybridized carbons (Fsp3) is 0.100. The Balaban J connectivity index is 1.37. The highest BCUT2D eigenvalue weighted by molar-refractivity contribution is 7.15. The molecule has 3 heterocycles. The molecule has 5 aromatic rings. The number of hydrogen-bond acceptors (Lipinski definition) is 8. The predicted octanol–water partition coefficient (Wildman–Crippen LogP) is 6.65. The molecule has 5 rings (SSSR count). The van der Waals surface area contributed by atoms with Gasteiger partial charge in [0.25, 0.3) is 5.91 Å². The molecule has 0 saturated carbocycles. The lowest BCUT2D eigenvalue weighted by Crippen LogP contribution is -2.22. The average Bonchev–Trinajstić information content (AvgIpc) is 3.39. The summed E-state index contributed by atoms with van der Waals surface area (Å²) >= 11 is 7.51. The van der Waals surface area contributed by atoms with Crippen molar-refractivity contribution >= 4 is 56.7 Å². The molecule has 2 aromatic carbocycles. The molecule has 40 heavy (non-hydrogen) atoms. The van der Waals surface area contributed by atoms with Crippen molar-refractivity contribution in [3.05, 3.63) is 101 Å². The second kappa shape index (κ2) is 12.1. The minimum absolute atomic E-state index is 0.156. The third-order valence-corrected chi connectivity index (χ3v) is 7.16. The van der Waals surface area contributed by atoms with Crippen LogP contribution >= 0.6 is 22.9 Å². The van der Waals surface area contributed by atoms with Crippen molar-refractivity contribution in [1.29, 1.82) is 0 Å². The molecule has 0 atom stereocenters. The molecule has 200 valence electrons. The number of thiophene rings is 1. The molecule has 1 N–H and O–H groups in total. The second-order valence-electron chi connectivity index (χ2n) is 8.49. The highest BCUT2D eigenvalue weighted by Gasteiger charge is 2.24. The number of fused-ring (bicyclic) bond motifs is 1. The maximum absolute atomic E-state index is 13.2. The number of ether oxygens (including phenoxy) is 2. The standard InChI is InChI=1S/C30H22ClN3O5S/c1-2-38-30(37)27-22(19-7-3-5-9-23(19)31)17-40-28(27)34-26(35)16-39-29(36)21-15-25(18-11-13-32-14-12-18)33-24-10-6-4-8-20(21)24/h3-15,17H,2,16H2,1H3,(H,34,35). The summed E-state index contributed by atoms with van der Waals surface area (Å²) in [6, 6.07) is 19.5. The van der Waals surface area contributed by atoms with Crippen LogP contribution in [0, 0.1) is 0 Å². The zero-order chi connectivity index (χ0) is 28.1. The van der Waals surface area contributed by atoms with Gasteiger partial charge in [-0.3, -0.25) is 9.78 Å². The number of hydrogen-bond donors (Lipinski definition) is 1. The number of esters is 2. The minimum Gasteiger partial charge on any atom is -0.462 e. The Kier molecular flexibility index (Phi) is 8.14. The van der Waals surface area contributed by atoms with E-state index in [0.717, 1.165) is 16.9 Å². The second-order valence-corrected chi connectivity index (χ2v) is 9.77. The molecule has 8 nitrogen and oxygen atoms in total. The third-order valence-electron chi connectivity index (χ3n) is 5.93. The summed E-state index contributed by atoms with van der Waals surface area (Å²) in [6.07, 6.45) is 3.28. The van der Waals surface area contributed by atoms with Crippen LogP contribution in [0.25, 0.3) is 33.3 Å². The number of nitrogens with one attached hydrogen (secondary N) is 1. The van der Waals surface area contributed by atoms with Gasteiger partial charge in [0.2, 0.25) is 0 Å². The Morgan fingerprint density at radius 2 is 1.68 bits per heavy atom. The van der Waals surface area contributed by atoms with E-state index in [4.69, 9.17) is 21.1 Å². The van der Waals surface area contributed by atoms with E-state index >= 15 is 0 Å². The molecule has 0 radical (unpaired) electrons. The number of benzene rings is 2. The molecule has 0 saturated heterocycles. The maximum Gasteiger partial charge on any atom is 0.341 e. The third kappa shape index (κ3) is 5.70. The summed E-state index contributed by atoms with van der Waals surface area (Å²) in [5.74, 6) is -1.89. The first-order valence-electron chi connectivity index (χ1n) is 12.3. The van der Waals surface area contributed by atoms with Crippen LogP contribution in [-0.2, 0) is 14.3 Å². The van der Waals surface area contributed by atoms with Crippen molar-refractivity contribution in [3.63, 3.8) is 0 Å². The molecule has 0 fully saturated rings. The molecule has 3 aromatic heterocycles. The largest absolute Gasteiger partial charge is 0.462 e. The van der Waals surface area contributed by atoms with E-state index < -0.39 is 24.5 Å². The van der Waals surface area contributed by atoms with Gasteiger partial charge in [0.1, 0.15) is 10.6 Å². The molecule has 1 amide bonds. The number of para-hydroxylation sites is 1. The van der Waals surface area contributed by atoms with Crippen molar-refractivity contribution in [2.75, 3.05) is 18.5 Å². The van der Waals surface area contributed by atoms with E-state index in [1.165, 1.54) is 0 Å². The Labute approximate surface area is 238 Å². The van der Waals surface area contributed by atoms with Crippen LogP contribution in [0.2, 0.25) is 5.02 Å². The van der Waals surface area contributed by atoms with Crippen molar-refractivity contribution in [1.82, 2.24) is 9.97 Å². The fourth-order valence-corrected chi connectivity index (χ4v) is 5.32. The number of carbonyl (C=O) groups is 3. The molecule has 0 aliphatic heterocycles. The maximum atomic E-state index is 13.2. The van der Waals surface area contributed by atoms with Gasteiger partial charge >= 0.3 is 11.9 Å². The van der Waals surface area contributed by atoms with Crippen LogP contribution in [-0.4, -0.2) is 41.0 Å². The SMILES string of the molecule is CCOC(=O)c1c(-c2ccccc2Cl)csc1NC(=O)COC(=O)c1cc(-c2ccncc2)nc2ccccc12. The van der Waals surface area contributed by atoms with Gasteiger partial charge in [-0.05, 0) is 37.3 Å². The summed E-state index contributed by atoms with van der Waals surface area (Å²) in [5, 5.41) is 5.72. The molecule has 0 bridgehead atoms. The fourth-order valence-electron chi connectivity index (χ4n) is 4.12. The van der Waals surface area contributed by atoms with E-state index in [0.29, 0.717) is 32.7 Å². The van der Waals surface area contributed by atoms with Crippen LogP contribution in [0.5, 0.6) is 0 Å². The van der Waals surface area contributed by atoms with Crippen LogP contribution in [0.1, 0.15) is 27.6 Å². The summed E-state index contributed by atoms with van der Waals surface area (Å²) in [7, 11) is 0. The van der Waals surface area contributed by atoms with Gasteiger partial charge in [-0.15, -0.1) is 11.3 Å². The van der Waals surface area contributed by atoms with Gasteiger partial charge in [0.05, 0.1) is 23.4 Å². The minimum atomic E-state index is -0.683. The van der Waals surface area contributed by atoms with Crippen LogP contribution in [0.4, 0.5) is 5.00 Å². The lowest BCUT2D eigenvalue weighted by Gasteiger charge is -2.11. The molecule has 0 aliphatic carbocycles. The van der Waals surface area contributed by atoms with Crippen LogP contribution in [0.15, 0.2) is 84.5 Å². The van der Waals surface area contributed by atoms with Gasteiger partial charge < -0.3 is 14.8 Å². The Hall–Kier alpha value is -4.60. The van der Waals surface area contributed by atoms with Gasteiger partial charge in [0.15, 0.2) is 6.61 Å². The first kappa shape index (κ1) is 27.0. The molecular weight excluding hydrogens is 550 g/mol. The Morgan fingerprint density at radius 1 is 0.925 bits per heavy atom. The average molecular weight is 572 g/mol. The van der Waals surface area contributed by atoms with Crippen LogP contribution < -0.4 is 5.32 Å². The van der Waals surface area contributed by atoms with Crippen molar-refractivity contribution < 1.29 is 23.9 Å². The molecule has 0 unspecified atom stereocenters. The smallest absolute Gasteiger partial charge is 0.341 e. The number of nitrogens with zero attached hydrogens (tertiary/aromatic N) is 2. The van der Waals surface area contributed by atoms with E-state index in [9.17, 15) is 14.4 Å². The van der Waals surface area contributed by atoms with E-state index in [-0.39, 0.29) is 22.7 Å². The number of carbonyl (C=O) groups excluding carboxylic acids is 3. The zero-order valence-electron chi connectivity index (χ0n) is 21.2. The quantitative estimate of drug-likeness (QED) is 0.208. The number of halogens is 1. The Morgan fingerprint density at radius 3 is 2.45 bits per heavy atom. The first-order valence-corrected chi connectivity index (χ1v) is 13.5. The van der Waals surface area contributed by atoms with Gasteiger partial charge in [-0.1, -0.05) is 48.0 Å². The number of anilines is 1. The van der Waals surface area contributed by atoms with Gasteiger partial charge in [-0.2, -0.15) is 0 Å². The number of amides is 1. The number of rotatable bonds is 8. The summed E-state index contributed by atoms with van der Waals surface area (Å²) in [4.78, 5) is 47.5. The molecule has 0 aliphatic rings. The van der Waals surface area contributed by atoms with Crippen LogP contribution in [0.3, 0.4) is 0 Å². The summed E-state index contributed by atoms with van der Waals surface area (Å²) < 4.78 is 10.6. The predicted molar refractivity (Wildman–Crippen MR) is 155 cm³/mol. The van der Waals surface area contributed by atoms with Crippen molar-refractivity contribution in [2.24, 2.45) is 0 Å². The topological polar surface area (TPSA) is 107 Å². The van der Waals surface area contributed by atoms with Crippen molar-refractivity contribution in [2.45, 2.75) is 6.92 Å². The molecular formula is C30H22ClN3O5S. The first-order chi connectivity index (χ1) is 19.5. The normalized spacial score (nSPS) is 10.8. The molecule has 0 spiro atoms. The molecule has 10 heteroatoms. The van der Waals surface area contributed by atoms with E-state index in [1.54, 1.807) is 85.4 Å².